The predicted molar refractivity (Wildman–Crippen MR) is 69.2 cm³/mol. The van der Waals surface area contributed by atoms with Crippen LogP contribution in [0.25, 0.3) is 0 Å². The van der Waals surface area contributed by atoms with E-state index in [9.17, 15) is 9.90 Å². The molecule has 1 saturated carbocycles. The molecule has 1 rings (SSSR count). The molecule has 2 atom stereocenters. The molecule has 1 aliphatic rings. The van der Waals surface area contributed by atoms with E-state index in [1.807, 2.05) is 0 Å². The van der Waals surface area contributed by atoms with E-state index in [2.05, 4.69) is 31.1 Å². The van der Waals surface area contributed by atoms with Gasteiger partial charge in [0.25, 0.3) is 0 Å². The summed E-state index contributed by atoms with van der Waals surface area (Å²) in [5.41, 5.74) is -0.674. The van der Waals surface area contributed by atoms with Crippen LogP contribution in [0.1, 0.15) is 39.5 Å². The number of aliphatic carboxylic acids is 1. The van der Waals surface area contributed by atoms with Gasteiger partial charge in [-0.25, -0.2) is 0 Å². The summed E-state index contributed by atoms with van der Waals surface area (Å²) in [6.45, 7) is 6.91. The Balaban J connectivity index is 2.51. The summed E-state index contributed by atoms with van der Waals surface area (Å²) >= 11 is 0. The van der Waals surface area contributed by atoms with Gasteiger partial charge in [0.05, 0.1) is 0 Å². The largest absolute Gasteiger partial charge is 0.480 e. The highest BCUT2D eigenvalue weighted by Crippen LogP contribution is 2.32. The van der Waals surface area contributed by atoms with Gasteiger partial charge < -0.3 is 15.3 Å². The van der Waals surface area contributed by atoms with Crippen molar-refractivity contribution >= 4 is 5.97 Å². The Morgan fingerprint density at radius 3 is 2.82 bits per heavy atom. The minimum atomic E-state index is -0.678. The second kappa shape index (κ2) is 6.36. The molecule has 4 nitrogen and oxygen atoms in total. The van der Waals surface area contributed by atoms with E-state index in [4.69, 9.17) is 0 Å². The average molecular weight is 242 g/mol. The number of nitrogens with one attached hydrogen (secondary N) is 1. The summed E-state index contributed by atoms with van der Waals surface area (Å²) in [5.74, 6) is -0.167. The van der Waals surface area contributed by atoms with Crippen LogP contribution in [-0.4, -0.2) is 48.2 Å². The van der Waals surface area contributed by atoms with Crippen molar-refractivity contribution in [1.82, 2.24) is 10.2 Å². The van der Waals surface area contributed by atoms with E-state index in [-0.39, 0.29) is 0 Å². The molecule has 1 aliphatic carbocycles. The van der Waals surface area contributed by atoms with Gasteiger partial charge in [-0.1, -0.05) is 26.7 Å². The quantitative estimate of drug-likeness (QED) is 0.742. The van der Waals surface area contributed by atoms with Crippen LogP contribution in [0.4, 0.5) is 0 Å². The normalized spacial score (nSPS) is 29.5. The summed E-state index contributed by atoms with van der Waals surface area (Å²) in [6, 6.07) is 0. The van der Waals surface area contributed by atoms with Crippen LogP contribution < -0.4 is 5.32 Å². The zero-order valence-electron chi connectivity index (χ0n) is 11.3. The monoisotopic (exact) mass is 242 g/mol. The molecule has 0 bridgehead atoms. The lowest BCUT2D eigenvalue weighted by Crippen LogP contribution is -2.56. The van der Waals surface area contributed by atoms with Crippen molar-refractivity contribution in [3.63, 3.8) is 0 Å². The van der Waals surface area contributed by atoms with E-state index < -0.39 is 11.5 Å². The summed E-state index contributed by atoms with van der Waals surface area (Å²) in [6.07, 6.45) is 3.70. The van der Waals surface area contributed by atoms with E-state index in [0.717, 1.165) is 45.3 Å². The molecular formula is C13H26N2O2. The van der Waals surface area contributed by atoms with Crippen LogP contribution in [0.2, 0.25) is 0 Å². The fourth-order valence-corrected chi connectivity index (χ4v) is 2.63. The molecule has 0 radical (unpaired) electrons. The molecule has 0 heterocycles. The lowest BCUT2D eigenvalue weighted by molar-refractivity contribution is -0.147. The molecule has 2 unspecified atom stereocenters. The molecule has 0 saturated heterocycles. The second-order valence-electron chi connectivity index (χ2n) is 5.41. The van der Waals surface area contributed by atoms with E-state index in [1.165, 1.54) is 0 Å². The molecule has 0 aromatic carbocycles. The Labute approximate surface area is 104 Å². The van der Waals surface area contributed by atoms with E-state index in [0.29, 0.717) is 5.92 Å². The smallest absolute Gasteiger partial charge is 0.323 e. The molecular weight excluding hydrogens is 216 g/mol. The number of hydrogen-bond donors (Lipinski definition) is 2. The first-order valence-electron chi connectivity index (χ1n) is 6.67. The molecule has 4 heteroatoms. The number of rotatable bonds is 6. The average Bonchev–Trinajstić information content (AvgIpc) is 2.28. The number of carboxylic acids is 1. The first kappa shape index (κ1) is 14.5. The van der Waals surface area contributed by atoms with Crippen LogP contribution in [0, 0.1) is 5.92 Å². The van der Waals surface area contributed by atoms with Gasteiger partial charge in [-0.15, -0.1) is 0 Å². The number of nitrogens with zero attached hydrogens (tertiary/aromatic N) is 1. The highest BCUT2D eigenvalue weighted by Gasteiger charge is 2.41. The Bertz CT molecular complexity index is 258. The highest BCUT2D eigenvalue weighted by molar-refractivity contribution is 5.79. The highest BCUT2D eigenvalue weighted by atomic mass is 16.4. The zero-order valence-corrected chi connectivity index (χ0v) is 11.3. The maximum atomic E-state index is 11.5. The third-order valence-electron chi connectivity index (χ3n) is 3.90. The third-order valence-corrected chi connectivity index (χ3v) is 3.90. The molecule has 0 aliphatic heterocycles. The maximum Gasteiger partial charge on any atom is 0.323 e. The Morgan fingerprint density at radius 1 is 1.59 bits per heavy atom. The topological polar surface area (TPSA) is 52.6 Å². The van der Waals surface area contributed by atoms with Gasteiger partial charge >= 0.3 is 5.97 Å². The summed E-state index contributed by atoms with van der Waals surface area (Å²) in [4.78, 5) is 13.7. The minimum absolute atomic E-state index is 0.510. The van der Waals surface area contributed by atoms with Crippen LogP contribution in [0.15, 0.2) is 0 Å². The van der Waals surface area contributed by atoms with Crippen molar-refractivity contribution < 1.29 is 9.90 Å². The molecule has 17 heavy (non-hydrogen) atoms. The van der Waals surface area contributed by atoms with Gasteiger partial charge in [0.2, 0.25) is 0 Å². The first-order valence-corrected chi connectivity index (χ1v) is 6.67. The molecule has 2 N–H and O–H groups in total. The second-order valence-corrected chi connectivity index (χ2v) is 5.41. The summed E-state index contributed by atoms with van der Waals surface area (Å²) < 4.78 is 0. The van der Waals surface area contributed by atoms with Crippen molar-refractivity contribution in [1.29, 1.82) is 0 Å². The van der Waals surface area contributed by atoms with Crippen molar-refractivity contribution in [2.75, 3.05) is 26.7 Å². The Morgan fingerprint density at radius 2 is 2.29 bits per heavy atom. The number of carboxylic acid groups (broad SMARTS) is 1. The minimum Gasteiger partial charge on any atom is -0.480 e. The van der Waals surface area contributed by atoms with Crippen LogP contribution >= 0.6 is 0 Å². The number of likely N-dealkylation sites (N-methyl/N-ethyl adjacent to an activating group) is 1. The molecule has 100 valence electrons. The predicted octanol–water partition coefficient (Wildman–Crippen LogP) is 1.56. The Hall–Kier alpha value is -0.610. The first-order chi connectivity index (χ1) is 8.00. The molecule has 1 fully saturated rings. The summed E-state index contributed by atoms with van der Waals surface area (Å²) in [7, 11) is 2.05. The molecule has 0 spiro atoms. The van der Waals surface area contributed by atoms with Gasteiger partial charge in [0.15, 0.2) is 0 Å². The van der Waals surface area contributed by atoms with Crippen molar-refractivity contribution in [2.24, 2.45) is 5.92 Å². The molecule has 0 aromatic rings. The zero-order chi connectivity index (χ0) is 12.9. The fraction of sp³-hybridized carbons (Fsp3) is 0.923. The maximum absolute atomic E-state index is 11.5. The van der Waals surface area contributed by atoms with Gasteiger partial charge in [0.1, 0.15) is 5.54 Å². The SMILES string of the molecule is CCN(C)CCNC1(C(=O)O)CCCC(C)C1. The molecule has 0 amide bonds. The summed E-state index contributed by atoms with van der Waals surface area (Å²) in [5, 5.41) is 12.7. The standard InChI is InChI=1S/C13H26N2O2/c1-4-15(3)9-8-14-13(12(16)17)7-5-6-11(2)10-13/h11,14H,4-10H2,1-3H3,(H,16,17). The van der Waals surface area contributed by atoms with E-state index in [1.54, 1.807) is 0 Å². The van der Waals surface area contributed by atoms with Crippen molar-refractivity contribution in [2.45, 2.75) is 45.1 Å². The number of hydrogen-bond acceptors (Lipinski definition) is 3. The lowest BCUT2D eigenvalue weighted by atomic mass is 9.76. The van der Waals surface area contributed by atoms with Crippen LogP contribution in [-0.2, 0) is 4.79 Å². The van der Waals surface area contributed by atoms with Gasteiger partial charge in [0, 0.05) is 13.1 Å². The van der Waals surface area contributed by atoms with Gasteiger partial charge in [-0.2, -0.15) is 0 Å². The number of carbonyl (C=O) groups is 1. The third kappa shape index (κ3) is 3.96. The Kier molecular flexibility index (Phi) is 5.40. The van der Waals surface area contributed by atoms with Crippen LogP contribution in [0.5, 0.6) is 0 Å². The van der Waals surface area contributed by atoms with Crippen molar-refractivity contribution in [3.8, 4) is 0 Å². The van der Waals surface area contributed by atoms with Crippen LogP contribution in [0.3, 0.4) is 0 Å². The lowest BCUT2D eigenvalue weighted by Gasteiger charge is -2.37. The fourth-order valence-electron chi connectivity index (χ4n) is 2.63. The van der Waals surface area contributed by atoms with E-state index >= 15 is 0 Å². The molecule has 0 aromatic heterocycles. The van der Waals surface area contributed by atoms with Gasteiger partial charge in [-0.3, -0.25) is 4.79 Å². The van der Waals surface area contributed by atoms with Gasteiger partial charge in [-0.05, 0) is 32.4 Å². The van der Waals surface area contributed by atoms with Crippen molar-refractivity contribution in [3.05, 3.63) is 0 Å².